The Balaban J connectivity index is 2.27. The molecule has 0 aliphatic heterocycles. The summed E-state index contributed by atoms with van der Waals surface area (Å²) in [6.07, 6.45) is 2.48. The van der Waals surface area contributed by atoms with Crippen molar-refractivity contribution in [2.24, 2.45) is 0 Å². The Bertz CT molecular complexity index is 551. The Morgan fingerprint density at radius 2 is 2.22 bits per heavy atom. The number of aromatic nitrogens is 2. The molecule has 1 unspecified atom stereocenters. The summed E-state index contributed by atoms with van der Waals surface area (Å²) in [6.45, 7) is 1.94. The summed E-state index contributed by atoms with van der Waals surface area (Å²) in [4.78, 5) is 10.7. The van der Waals surface area contributed by atoms with Crippen molar-refractivity contribution in [2.45, 2.75) is 25.8 Å². The molecule has 0 amide bonds. The first-order chi connectivity index (χ1) is 8.70. The van der Waals surface area contributed by atoms with E-state index in [1.165, 1.54) is 0 Å². The van der Waals surface area contributed by atoms with Gasteiger partial charge in [0, 0.05) is 16.8 Å². The van der Waals surface area contributed by atoms with Gasteiger partial charge in [-0.25, -0.2) is 0 Å². The number of fused-ring (bicyclic) bond motifs is 1. The first kappa shape index (κ1) is 12.3. The molecule has 0 saturated heterocycles. The van der Waals surface area contributed by atoms with E-state index in [0.717, 1.165) is 17.2 Å². The highest BCUT2D eigenvalue weighted by atomic mass is 16.4. The van der Waals surface area contributed by atoms with E-state index in [4.69, 9.17) is 5.11 Å². The van der Waals surface area contributed by atoms with Crippen LogP contribution in [0.3, 0.4) is 0 Å². The summed E-state index contributed by atoms with van der Waals surface area (Å²) < 4.78 is 0. The van der Waals surface area contributed by atoms with Gasteiger partial charge in [-0.2, -0.15) is 5.10 Å². The topological polar surface area (TPSA) is 75.1 Å². The lowest BCUT2D eigenvalue weighted by Gasteiger charge is -2.16. The Morgan fingerprint density at radius 3 is 2.94 bits per heavy atom. The van der Waals surface area contributed by atoms with E-state index in [2.05, 4.69) is 15.5 Å². The summed E-state index contributed by atoms with van der Waals surface area (Å²) in [7, 11) is 0. The van der Waals surface area contributed by atoms with Crippen LogP contribution < -0.4 is 5.32 Å². The van der Waals surface area contributed by atoms with Crippen LogP contribution in [0, 0.1) is 0 Å². The lowest BCUT2D eigenvalue weighted by atomic mass is 10.1. The normalized spacial score (nSPS) is 12.3. The van der Waals surface area contributed by atoms with Gasteiger partial charge in [0.1, 0.15) is 0 Å². The second-order valence-electron chi connectivity index (χ2n) is 4.13. The van der Waals surface area contributed by atoms with Crippen LogP contribution in [0.4, 0.5) is 5.82 Å². The number of carbonyl (C=O) groups is 1. The molecule has 0 radical (unpaired) electrons. The predicted octanol–water partition coefficient (Wildman–Crippen LogP) is 2.29. The van der Waals surface area contributed by atoms with Crippen molar-refractivity contribution >= 4 is 22.6 Å². The van der Waals surface area contributed by atoms with Crippen molar-refractivity contribution < 1.29 is 9.90 Å². The van der Waals surface area contributed by atoms with Crippen molar-refractivity contribution in [2.75, 3.05) is 5.32 Å². The number of rotatable bonds is 5. The number of hydrogen-bond donors (Lipinski definition) is 2. The minimum atomic E-state index is -0.817. The highest BCUT2D eigenvalue weighted by Gasteiger charge is 2.13. The van der Waals surface area contributed by atoms with Gasteiger partial charge in [-0.3, -0.25) is 4.79 Å². The zero-order valence-electron chi connectivity index (χ0n) is 10.1. The standard InChI is InChI=1S/C13H15N3O2/c1-2-10(7-12(17)18)15-13-11-6-4-3-5-9(11)8-14-16-13/h3-6,8,10H,2,7H2,1H3,(H,15,16)(H,17,18). The maximum Gasteiger partial charge on any atom is 0.305 e. The third-order valence-corrected chi connectivity index (χ3v) is 2.83. The summed E-state index contributed by atoms with van der Waals surface area (Å²) in [5.41, 5.74) is 0. The molecular weight excluding hydrogens is 230 g/mol. The number of nitrogens with one attached hydrogen (secondary N) is 1. The molecule has 5 heteroatoms. The zero-order chi connectivity index (χ0) is 13.0. The fourth-order valence-corrected chi connectivity index (χ4v) is 1.84. The minimum absolute atomic E-state index is 0.0708. The number of carboxylic acid groups (broad SMARTS) is 1. The van der Waals surface area contributed by atoms with Crippen LogP contribution >= 0.6 is 0 Å². The first-order valence-electron chi connectivity index (χ1n) is 5.89. The molecule has 94 valence electrons. The molecule has 0 spiro atoms. The maximum atomic E-state index is 10.7. The van der Waals surface area contributed by atoms with Crippen molar-refractivity contribution in [3.8, 4) is 0 Å². The van der Waals surface area contributed by atoms with Crippen molar-refractivity contribution in [3.63, 3.8) is 0 Å². The molecule has 0 aliphatic rings. The Hall–Kier alpha value is -2.17. The SMILES string of the molecule is CCC(CC(=O)O)Nc1nncc2ccccc12. The van der Waals surface area contributed by atoms with Crippen molar-refractivity contribution in [3.05, 3.63) is 30.5 Å². The Kier molecular flexibility index (Phi) is 3.72. The lowest BCUT2D eigenvalue weighted by molar-refractivity contribution is -0.137. The molecule has 0 fully saturated rings. The molecular formula is C13H15N3O2. The van der Waals surface area contributed by atoms with Crippen LogP contribution in [-0.2, 0) is 4.79 Å². The van der Waals surface area contributed by atoms with Crippen LogP contribution in [0.15, 0.2) is 30.5 Å². The van der Waals surface area contributed by atoms with Gasteiger partial charge >= 0.3 is 5.97 Å². The summed E-state index contributed by atoms with van der Waals surface area (Å²) in [6, 6.07) is 7.62. The van der Waals surface area contributed by atoms with Crippen molar-refractivity contribution in [1.82, 2.24) is 10.2 Å². The lowest BCUT2D eigenvalue weighted by Crippen LogP contribution is -2.23. The predicted molar refractivity (Wildman–Crippen MR) is 69.5 cm³/mol. The van der Waals surface area contributed by atoms with E-state index < -0.39 is 5.97 Å². The van der Waals surface area contributed by atoms with Gasteiger partial charge in [-0.05, 0) is 6.42 Å². The van der Waals surface area contributed by atoms with Crippen LogP contribution in [0.5, 0.6) is 0 Å². The molecule has 1 aromatic heterocycles. The van der Waals surface area contributed by atoms with E-state index in [0.29, 0.717) is 5.82 Å². The minimum Gasteiger partial charge on any atom is -0.481 e. The van der Waals surface area contributed by atoms with Gasteiger partial charge in [-0.1, -0.05) is 31.2 Å². The fourth-order valence-electron chi connectivity index (χ4n) is 1.84. The molecule has 2 aromatic rings. The smallest absolute Gasteiger partial charge is 0.305 e. The largest absolute Gasteiger partial charge is 0.481 e. The number of nitrogens with zero attached hydrogens (tertiary/aromatic N) is 2. The summed E-state index contributed by atoms with van der Waals surface area (Å²) in [5, 5.41) is 21.9. The molecule has 1 atom stereocenters. The molecule has 2 rings (SSSR count). The fraction of sp³-hybridized carbons (Fsp3) is 0.308. The van der Waals surface area contributed by atoms with Crippen LogP contribution in [0.25, 0.3) is 10.8 Å². The molecule has 2 N–H and O–H groups in total. The highest BCUT2D eigenvalue weighted by molar-refractivity contribution is 5.91. The number of carboxylic acids is 1. The molecule has 0 bridgehead atoms. The van der Waals surface area contributed by atoms with E-state index in [1.807, 2.05) is 31.2 Å². The highest BCUT2D eigenvalue weighted by Crippen LogP contribution is 2.20. The van der Waals surface area contributed by atoms with E-state index >= 15 is 0 Å². The number of anilines is 1. The monoisotopic (exact) mass is 245 g/mol. The van der Waals surface area contributed by atoms with Crippen LogP contribution in [-0.4, -0.2) is 27.3 Å². The molecule has 18 heavy (non-hydrogen) atoms. The van der Waals surface area contributed by atoms with Gasteiger partial charge in [0.25, 0.3) is 0 Å². The first-order valence-corrected chi connectivity index (χ1v) is 5.89. The summed E-state index contributed by atoms with van der Waals surface area (Å²) >= 11 is 0. The Morgan fingerprint density at radius 1 is 1.44 bits per heavy atom. The molecule has 0 aliphatic carbocycles. The Labute approximate surface area is 105 Å². The van der Waals surface area contributed by atoms with Gasteiger partial charge < -0.3 is 10.4 Å². The zero-order valence-corrected chi connectivity index (χ0v) is 10.1. The van der Waals surface area contributed by atoms with Crippen molar-refractivity contribution in [1.29, 1.82) is 0 Å². The van der Waals surface area contributed by atoms with Crippen LogP contribution in [0.1, 0.15) is 19.8 Å². The maximum absolute atomic E-state index is 10.7. The molecule has 1 aromatic carbocycles. The van der Waals surface area contributed by atoms with E-state index in [9.17, 15) is 4.79 Å². The van der Waals surface area contributed by atoms with Crippen LogP contribution in [0.2, 0.25) is 0 Å². The average molecular weight is 245 g/mol. The third-order valence-electron chi connectivity index (χ3n) is 2.83. The number of aliphatic carboxylic acids is 1. The molecule has 1 heterocycles. The third kappa shape index (κ3) is 2.74. The van der Waals surface area contributed by atoms with E-state index in [-0.39, 0.29) is 12.5 Å². The molecule has 5 nitrogen and oxygen atoms in total. The molecule has 0 saturated carbocycles. The number of hydrogen-bond acceptors (Lipinski definition) is 4. The van der Waals surface area contributed by atoms with Gasteiger partial charge in [0.15, 0.2) is 5.82 Å². The second-order valence-corrected chi connectivity index (χ2v) is 4.13. The van der Waals surface area contributed by atoms with Gasteiger partial charge in [0.05, 0.1) is 12.6 Å². The van der Waals surface area contributed by atoms with Gasteiger partial charge in [0.2, 0.25) is 0 Å². The van der Waals surface area contributed by atoms with E-state index in [1.54, 1.807) is 6.20 Å². The average Bonchev–Trinajstić information content (AvgIpc) is 2.38. The number of benzene rings is 1. The summed E-state index contributed by atoms with van der Waals surface area (Å²) in [5.74, 6) is -0.177. The van der Waals surface area contributed by atoms with Gasteiger partial charge in [-0.15, -0.1) is 5.10 Å². The second kappa shape index (κ2) is 5.44. The quantitative estimate of drug-likeness (QED) is 0.845.